The zero-order valence-electron chi connectivity index (χ0n) is 7.53. The van der Waals surface area contributed by atoms with Gasteiger partial charge in [-0.2, -0.15) is 5.26 Å². The standard InChI is InChI=1S/C8H10N4O/c1-5-6(3-9)8(10)12-7(11-5)4-13-2/h4H2,1-2H3,(H2,10,11,12). The van der Waals surface area contributed by atoms with Gasteiger partial charge in [0.05, 0.1) is 5.69 Å². The Morgan fingerprint density at radius 3 is 2.69 bits per heavy atom. The molecule has 0 saturated carbocycles. The second-order valence-electron chi connectivity index (χ2n) is 2.53. The van der Waals surface area contributed by atoms with Crippen LogP contribution in [0.4, 0.5) is 5.82 Å². The van der Waals surface area contributed by atoms with Crippen LogP contribution in [-0.2, 0) is 11.3 Å². The average Bonchev–Trinajstić information content (AvgIpc) is 2.04. The maximum Gasteiger partial charge on any atom is 0.156 e. The minimum absolute atomic E-state index is 0.210. The lowest BCUT2D eigenvalue weighted by atomic mass is 10.2. The molecule has 0 fully saturated rings. The molecule has 0 radical (unpaired) electrons. The number of aromatic nitrogens is 2. The van der Waals surface area contributed by atoms with Gasteiger partial charge < -0.3 is 10.5 Å². The van der Waals surface area contributed by atoms with Gasteiger partial charge in [0.1, 0.15) is 24.1 Å². The van der Waals surface area contributed by atoms with Gasteiger partial charge in [-0.3, -0.25) is 0 Å². The number of hydrogen-bond donors (Lipinski definition) is 1. The SMILES string of the molecule is COCc1nc(C)c(C#N)c(N)n1. The summed E-state index contributed by atoms with van der Waals surface area (Å²) in [7, 11) is 1.55. The van der Waals surface area contributed by atoms with Gasteiger partial charge in [0.2, 0.25) is 0 Å². The average molecular weight is 178 g/mol. The number of nitriles is 1. The highest BCUT2D eigenvalue weighted by Crippen LogP contribution is 2.11. The minimum Gasteiger partial charge on any atom is -0.382 e. The summed E-state index contributed by atoms with van der Waals surface area (Å²) in [6.07, 6.45) is 0. The van der Waals surface area contributed by atoms with Gasteiger partial charge in [0.25, 0.3) is 0 Å². The molecule has 0 atom stereocenters. The van der Waals surface area contributed by atoms with Crippen LogP contribution in [-0.4, -0.2) is 17.1 Å². The number of rotatable bonds is 2. The first-order valence-corrected chi connectivity index (χ1v) is 3.71. The van der Waals surface area contributed by atoms with Crippen LogP contribution in [0.1, 0.15) is 17.1 Å². The summed E-state index contributed by atoms with van der Waals surface area (Å²) in [6, 6.07) is 1.94. The predicted molar refractivity (Wildman–Crippen MR) is 46.6 cm³/mol. The van der Waals surface area contributed by atoms with Crippen molar-refractivity contribution in [1.29, 1.82) is 5.26 Å². The maximum atomic E-state index is 8.68. The largest absolute Gasteiger partial charge is 0.382 e. The second kappa shape index (κ2) is 3.83. The van der Waals surface area contributed by atoms with E-state index in [9.17, 15) is 0 Å². The highest BCUT2D eigenvalue weighted by atomic mass is 16.5. The smallest absolute Gasteiger partial charge is 0.156 e. The Bertz CT molecular complexity index is 333. The summed E-state index contributed by atoms with van der Waals surface area (Å²) in [4.78, 5) is 7.97. The molecule has 0 aromatic carbocycles. The lowest BCUT2D eigenvalue weighted by Gasteiger charge is -2.03. The fourth-order valence-electron chi connectivity index (χ4n) is 0.987. The first kappa shape index (κ1) is 9.42. The van der Waals surface area contributed by atoms with Crippen molar-refractivity contribution in [2.45, 2.75) is 13.5 Å². The zero-order valence-corrected chi connectivity index (χ0v) is 7.53. The van der Waals surface area contributed by atoms with Gasteiger partial charge in [-0.15, -0.1) is 0 Å². The van der Waals surface area contributed by atoms with E-state index in [1.165, 1.54) is 0 Å². The molecule has 0 amide bonds. The molecular formula is C8H10N4O. The lowest BCUT2D eigenvalue weighted by molar-refractivity contribution is 0.177. The highest BCUT2D eigenvalue weighted by Gasteiger charge is 2.07. The normalized spacial score (nSPS) is 9.62. The van der Waals surface area contributed by atoms with Crippen molar-refractivity contribution in [1.82, 2.24) is 9.97 Å². The first-order chi connectivity index (χ1) is 6.19. The van der Waals surface area contributed by atoms with E-state index >= 15 is 0 Å². The molecule has 0 spiro atoms. The molecule has 5 heteroatoms. The molecule has 0 unspecified atom stereocenters. The Morgan fingerprint density at radius 2 is 2.23 bits per heavy atom. The molecule has 1 aromatic heterocycles. The number of nitrogen functional groups attached to an aromatic ring is 1. The fourth-order valence-corrected chi connectivity index (χ4v) is 0.987. The van der Waals surface area contributed by atoms with Crippen molar-refractivity contribution < 1.29 is 4.74 Å². The summed E-state index contributed by atoms with van der Waals surface area (Å²) in [5, 5.41) is 8.68. The molecule has 1 heterocycles. The van der Waals surface area contributed by atoms with E-state index < -0.39 is 0 Å². The molecule has 0 aliphatic rings. The van der Waals surface area contributed by atoms with Gasteiger partial charge in [-0.05, 0) is 6.92 Å². The van der Waals surface area contributed by atoms with Crippen molar-refractivity contribution in [3.8, 4) is 6.07 Å². The molecule has 1 aromatic rings. The van der Waals surface area contributed by atoms with E-state index in [2.05, 4.69) is 9.97 Å². The number of methoxy groups -OCH3 is 1. The van der Waals surface area contributed by atoms with E-state index in [1.54, 1.807) is 14.0 Å². The summed E-state index contributed by atoms with van der Waals surface area (Å²) in [5.41, 5.74) is 6.45. The molecule has 0 bridgehead atoms. The number of nitrogens with two attached hydrogens (primary N) is 1. The van der Waals surface area contributed by atoms with Crippen LogP contribution in [0.15, 0.2) is 0 Å². The summed E-state index contributed by atoms with van der Waals surface area (Å²) in [5.74, 6) is 0.707. The molecule has 68 valence electrons. The van der Waals surface area contributed by atoms with E-state index in [0.29, 0.717) is 23.7 Å². The monoisotopic (exact) mass is 178 g/mol. The van der Waals surface area contributed by atoms with Crippen LogP contribution in [0.5, 0.6) is 0 Å². The lowest BCUT2D eigenvalue weighted by Crippen LogP contribution is -2.06. The van der Waals surface area contributed by atoms with Crippen LogP contribution in [0, 0.1) is 18.3 Å². The van der Waals surface area contributed by atoms with Crippen LogP contribution < -0.4 is 5.73 Å². The van der Waals surface area contributed by atoms with Crippen molar-refractivity contribution in [2.24, 2.45) is 0 Å². The van der Waals surface area contributed by atoms with E-state index in [-0.39, 0.29) is 5.82 Å². The number of hydrogen-bond acceptors (Lipinski definition) is 5. The van der Waals surface area contributed by atoms with Crippen LogP contribution in [0.3, 0.4) is 0 Å². The van der Waals surface area contributed by atoms with Gasteiger partial charge in [0, 0.05) is 7.11 Å². The highest BCUT2D eigenvalue weighted by molar-refractivity contribution is 5.50. The van der Waals surface area contributed by atoms with E-state index in [4.69, 9.17) is 15.7 Å². The Morgan fingerprint density at radius 1 is 1.54 bits per heavy atom. The van der Waals surface area contributed by atoms with Crippen molar-refractivity contribution >= 4 is 5.82 Å². The van der Waals surface area contributed by atoms with E-state index in [0.717, 1.165) is 0 Å². The van der Waals surface area contributed by atoms with Crippen molar-refractivity contribution in [2.75, 3.05) is 12.8 Å². The minimum atomic E-state index is 0.210. The van der Waals surface area contributed by atoms with E-state index in [1.807, 2.05) is 6.07 Å². The molecule has 5 nitrogen and oxygen atoms in total. The van der Waals surface area contributed by atoms with Crippen molar-refractivity contribution in [3.05, 3.63) is 17.1 Å². The summed E-state index contributed by atoms with van der Waals surface area (Å²) >= 11 is 0. The molecule has 1 rings (SSSR count). The Balaban J connectivity index is 3.14. The van der Waals surface area contributed by atoms with Gasteiger partial charge >= 0.3 is 0 Å². The zero-order chi connectivity index (χ0) is 9.84. The first-order valence-electron chi connectivity index (χ1n) is 3.71. The topological polar surface area (TPSA) is 84.8 Å². The van der Waals surface area contributed by atoms with Gasteiger partial charge in [0.15, 0.2) is 5.82 Å². The van der Waals surface area contributed by atoms with Crippen LogP contribution in [0.2, 0.25) is 0 Å². The van der Waals surface area contributed by atoms with Crippen molar-refractivity contribution in [3.63, 3.8) is 0 Å². The number of aryl methyl sites for hydroxylation is 1. The van der Waals surface area contributed by atoms with Crippen LogP contribution >= 0.6 is 0 Å². The third kappa shape index (κ3) is 1.92. The molecular weight excluding hydrogens is 168 g/mol. The number of anilines is 1. The molecule has 0 aliphatic heterocycles. The third-order valence-electron chi connectivity index (χ3n) is 1.55. The predicted octanol–water partition coefficient (Wildman–Crippen LogP) is 0.385. The van der Waals surface area contributed by atoms with Gasteiger partial charge in [-0.1, -0.05) is 0 Å². The summed E-state index contributed by atoms with van der Waals surface area (Å²) < 4.78 is 4.85. The number of ether oxygens (including phenoxy) is 1. The maximum absolute atomic E-state index is 8.68. The number of nitrogens with zero attached hydrogens (tertiary/aromatic N) is 3. The fraction of sp³-hybridized carbons (Fsp3) is 0.375. The Labute approximate surface area is 76.2 Å². The third-order valence-corrected chi connectivity index (χ3v) is 1.55. The molecule has 0 aliphatic carbocycles. The molecule has 2 N–H and O–H groups in total. The Hall–Kier alpha value is -1.67. The summed E-state index contributed by atoms with van der Waals surface area (Å²) in [6.45, 7) is 2.02. The van der Waals surface area contributed by atoms with Crippen LogP contribution in [0.25, 0.3) is 0 Å². The quantitative estimate of drug-likeness (QED) is 0.707. The van der Waals surface area contributed by atoms with Gasteiger partial charge in [-0.25, -0.2) is 9.97 Å². The Kier molecular flexibility index (Phi) is 2.77. The molecule has 13 heavy (non-hydrogen) atoms. The second-order valence-corrected chi connectivity index (χ2v) is 2.53. The molecule has 0 saturated heterocycles.